The van der Waals surface area contributed by atoms with E-state index in [-0.39, 0.29) is 22.5 Å². The number of benzene rings is 1. The van der Waals surface area contributed by atoms with Crippen LogP contribution in [0.1, 0.15) is 20.3 Å². The topological polar surface area (TPSA) is 81.4 Å². The third-order valence-electron chi connectivity index (χ3n) is 4.68. The van der Waals surface area contributed by atoms with Gasteiger partial charge in [-0.05, 0) is 24.6 Å². The molecule has 1 aliphatic carbocycles. The minimum absolute atomic E-state index is 0.0118. The number of fused-ring (bicyclic) bond motifs is 1. The lowest BCUT2D eigenvalue weighted by atomic mass is 9.57. The van der Waals surface area contributed by atoms with Gasteiger partial charge >= 0.3 is 0 Å². The van der Waals surface area contributed by atoms with E-state index in [0.29, 0.717) is 16.6 Å². The molecule has 0 amide bonds. The summed E-state index contributed by atoms with van der Waals surface area (Å²) in [5.74, 6) is 0.439. The molecule has 2 fully saturated rings. The first kappa shape index (κ1) is 15.1. The van der Waals surface area contributed by atoms with Crippen LogP contribution in [0.2, 0.25) is 5.02 Å². The Kier molecular flexibility index (Phi) is 3.48. The van der Waals surface area contributed by atoms with Crippen LogP contribution in [0, 0.1) is 11.3 Å². The molecular weight excluding hydrogens is 312 g/mol. The van der Waals surface area contributed by atoms with E-state index < -0.39 is 10.0 Å². The predicted molar refractivity (Wildman–Crippen MR) is 81.9 cm³/mol. The zero-order chi connectivity index (χ0) is 15.4. The first-order valence-electron chi connectivity index (χ1n) is 6.92. The minimum atomic E-state index is -3.74. The van der Waals surface area contributed by atoms with Gasteiger partial charge in [0, 0.05) is 24.0 Å². The number of nitrogens with two attached hydrogens (primary N) is 1. The number of primary sulfonamides is 1. The number of halogens is 1. The van der Waals surface area contributed by atoms with Crippen molar-refractivity contribution in [2.45, 2.75) is 37.3 Å². The first-order valence-corrected chi connectivity index (χ1v) is 8.84. The SMILES string of the molecule is CC1(C)C(Nc2cc(S(N)(=O)=O)ccc2Cl)C2CCOC21. The van der Waals surface area contributed by atoms with E-state index in [0.717, 1.165) is 13.0 Å². The summed E-state index contributed by atoms with van der Waals surface area (Å²) in [5.41, 5.74) is 0.592. The fraction of sp³-hybridized carbons (Fsp3) is 0.571. The quantitative estimate of drug-likeness (QED) is 0.890. The van der Waals surface area contributed by atoms with Crippen LogP contribution in [0.5, 0.6) is 0 Å². The summed E-state index contributed by atoms with van der Waals surface area (Å²) in [7, 11) is -3.74. The normalized spacial score (nSPS) is 30.6. The molecular formula is C14H19ClN2O3S. The molecule has 7 heteroatoms. The van der Waals surface area contributed by atoms with Crippen LogP contribution in [0.4, 0.5) is 5.69 Å². The third-order valence-corrected chi connectivity index (χ3v) is 5.92. The largest absolute Gasteiger partial charge is 0.380 e. The van der Waals surface area contributed by atoms with Gasteiger partial charge < -0.3 is 10.1 Å². The van der Waals surface area contributed by atoms with Gasteiger partial charge in [-0.2, -0.15) is 0 Å². The molecule has 0 bridgehead atoms. The molecule has 3 N–H and O–H groups in total. The van der Waals surface area contributed by atoms with Crippen molar-refractivity contribution in [3.63, 3.8) is 0 Å². The Morgan fingerprint density at radius 1 is 1.43 bits per heavy atom. The summed E-state index contributed by atoms with van der Waals surface area (Å²) in [6.45, 7) is 5.07. The smallest absolute Gasteiger partial charge is 0.238 e. The highest BCUT2D eigenvalue weighted by Gasteiger charge is 2.59. The van der Waals surface area contributed by atoms with Crippen molar-refractivity contribution in [3.8, 4) is 0 Å². The van der Waals surface area contributed by atoms with E-state index in [1.165, 1.54) is 12.1 Å². The molecule has 0 aromatic heterocycles. The number of nitrogens with one attached hydrogen (secondary N) is 1. The van der Waals surface area contributed by atoms with Crippen molar-refractivity contribution >= 4 is 27.3 Å². The highest BCUT2D eigenvalue weighted by molar-refractivity contribution is 7.89. The van der Waals surface area contributed by atoms with E-state index in [9.17, 15) is 8.42 Å². The van der Waals surface area contributed by atoms with Crippen molar-refractivity contribution in [3.05, 3.63) is 23.2 Å². The number of rotatable bonds is 3. The number of hydrogen-bond donors (Lipinski definition) is 2. The van der Waals surface area contributed by atoms with Crippen LogP contribution >= 0.6 is 11.6 Å². The van der Waals surface area contributed by atoms with Crippen molar-refractivity contribution in [2.75, 3.05) is 11.9 Å². The average molecular weight is 331 g/mol. The number of sulfonamides is 1. The van der Waals surface area contributed by atoms with Gasteiger partial charge in [-0.25, -0.2) is 13.6 Å². The maximum Gasteiger partial charge on any atom is 0.238 e. The monoisotopic (exact) mass is 330 g/mol. The molecule has 1 saturated carbocycles. The van der Waals surface area contributed by atoms with Crippen LogP contribution in [-0.4, -0.2) is 27.2 Å². The zero-order valence-corrected chi connectivity index (χ0v) is 13.5. The highest BCUT2D eigenvalue weighted by Crippen LogP contribution is 2.53. The van der Waals surface area contributed by atoms with Crippen LogP contribution in [0.25, 0.3) is 0 Å². The van der Waals surface area contributed by atoms with Gasteiger partial charge in [0.15, 0.2) is 0 Å². The molecule has 116 valence electrons. The van der Waals surface area contributed by atoms with Crippen LogP contribution in [0.3, 0.4) is 0 Å². The standard InChI is InChI=1S/C14H19ClN2O3S/c1-14(2)12(9-5-6-20-13(9)14)17-11-7-8(21(16,18)19)3-4-10(11)15/h3-4,7,9,12-13,17H,5-6H2,1-2H3,(H2,16,18,19). The molecule has 1 saturated heterocycles. The van der Waals surface area contributed by atoms with E-state index in [1.54, 1.807) is 6.07 Å². The van der Waals surface area contributed by atoms with Crippen LogP contribution in [-0.2, 0) is 14.8 Å². The van der Waals surface area contributed by atoms with E-state index in [4.69, 9.17) is 21.5 Å². The number of ether oxygens (including phenoxy) is 1. The Hall–Kier alpha value is -0.820. The summed E-state index contributed by atoms with van der Waals surface area (Å²) in [6, 6.07) is 4.67. The average Bonchev–Trinajstić information content (AvgIpc) is 2.83. The Bertz CT molecular complexity index is 675. The molecule has 1 aliphatic heterocycles. The second-order valence-corrected chi connectivity index (χ2v) is 8.34. The van der Waals surface area contributed by atoms with Crippen molar-refractivity contribution in [2.24, 2.45) is 16.5 Å². The predicted octanol–water partition coefficient (Wildman–Crippen LogP) is 2.21. The molecule has 3 atom stereocenters. The van der Waals surface area contributed by atoms with E-state index in [2.05, 4.69) is 19.2 Å². The third kappa shape index (κ3) is 2.44. The fourth-order valence-electron chi connectivity index (χ4n) is 3.58. The Balaban J connectivity index is 1.88. The maximum absolute atomic E-state index is 11.5. The van der Waals surface area contributed by atoms with E-state index >= 15 is 0 Å². The second kappa shape index (κ2) is 4.84. The summed E-state index contributed by atoms with van der Waals surface area (Å²) < 4.78 is 28.7. The molecule has 0 spiro atoms. The van der Waals surface area contributed by atoms with Gasteiger partial charge in [-0.15, -0.1) is 0 Å². The molecule has 3 unspecified atom stereocenters. The van der Waals surface area contributed by atoms with Crippen LogP contribution < -0.4 is 10.5 Å². The van der Waals surface area contributed by atoms with Gasteiger partial charge in [0.1, 0.15) is 0 Å². The summed E-state index contributed by atoms with van der Waals surface area (Å²) in [6.07, 6.45) is 1.27. The molecule has 1 aromatic rings. The van der Waals surface area contributed by atoms with Crippen molar-refractivity contribution in [1.82, 2.24) is 0 Å². The maximum atomic E-state index is 11.5. The molecule has 5 nitrogen and oxygen atoms in total. The summed E-state index contributed by atoms with van der Waals surface area (Å²) in [5, 5.41) is 9.05. The van der Waals surface area contributed by atoms with Gasteiger partial charge in [-0.1, -0.05) is 25.4 Å². The van der Waals surface area contributed by atoms with Gasteiger partial charge in [-0.3, -0.25) is 0 Å². The molecule has 0 radical (unpaired) electrons. The molecule has 21 heavy (non-hydrogen) atoms. The van der Waals surface area contributed by atoms with Gasteiger partial charge in [0.2, 0.25) is 10.0 Å². The Labute approximate surface area is 129 Å². The lowest BCUT2D eigenvalue weighted by molar-refractivity contribution is -0.0923. The zero-order valence-electron chi connectivity index (χ0n) is 12.0. The highest BCUT2D eigenvalue weighted by atomic mass is 35.5. The second-order valence-electron chi connectivity index (χ2n) is 6.37. The first-order chi connectivity index (χ1) is 9.71. The number of hydrogen-bond acceptors (Lipinski definition) is 4. The lowest BCUT2D eigenvalue weighted by Gasteiger charge is -2.55. The molecule has 1 aromatic carbocycles. The minimum Gasteiger partial charge on any atom is -0.380 e. The molecule has 3 rings (SSSR count). The molecule has 1 heterocycles. The Morgan fingerprint density at radius 3 is 2.81 bits per heavy atom. The van der Waals surface area contributed by atoms with Crippen LogP contribution in [0.15, 0.2) is 23.1 Å². The van der Waals surface area contributed by atoms with E-state index in [1.807, 2.05) is 0 Å². The molecule has 2 aliphatic rings. The van der Waals surface area contributed by atoms with Gasteiger partial charge in [0.05, 0.1) is 21.7 Å². The van der Waals surface area contributed by atoms with Crippen molar-refractivity contribution in [1.29, 1.82) is 0 Å². The summed E-state index contributed by atoms with van der Waals surface area (Å²) >= 11 is 6.18. The summed E-state index contributed by atoms with van der Waals surface area (Å²) in [4.78, 5) is 0.0609. The van der Waals surface area contributed by atoms with Gasteiger partial charge in [0.25, 0.3) is 0 Å². The van der Waals surface area contributed by atoms with Crippen molar-refractivity contribution < 1.29 is 13.2 Å². The lowest BCUT2D eigenvalue weighted by Crippen LogP contribution is -2.63. The fourth-order valence-corrected chi connectivity index (χ4v) is 4.29. The Morgan fingerprint density at radius 2 is 2.14 bits per heavy atom. The number of anilines is 1.